The first-order valence-corrected chi connectivity index (χ1v) is 8.23. The van der Waals surface area contributed by atoms with Crippen LogP contribution in [0.2, 0.25) is 0 Å². The van der Waals surface area contributed by atoms with Crippen molar-refractivity contribution in [1.82, 2.24) is 9.80 Å². The average Bonchev–Trinajstić information content (AvgIpc) is 3.05. The number of piperidine rings is 1. The molecule has 2 saturated heterocycles. The Hall–Kier alpha value is -1.35. The van der Waals surface area contributed by atoms with Gasteiger partial charge in [-0.2, -0.15) is 0 Å². The van der Waals surface area contributed by atoms with E-state index in [0.717, 1.165) is 39.0 Å². The largest absolute Gasteiger partial charge is 0.342 e. The summed E-state index contributed by atoms with van der Waals surface area (Å²) in [6.45, 7) is 6.98. The lowest BCUT2D eigenvalue weighted by Gasteiger charge is -2.40. The lowest BCUT2D eigenvalue weighted by Crippen LogP contribution is -2.45. The number of carbonyl (C=O) groups excluding carboxylic acids is 1. The first-order chi connectivity index (χ1) is 10.2. The van der Waals surface area contributed by atoms with Crippen LogP contribution < -0.4 is 0 Å². The van der Waals surface area contributed by atoms with E-state index in [9.17, 15) is 4.79 Å². The first kappa shape index (κ1) is 14.6. The van der Waals surface area contributed by atoms with Crippen LogP contribution in [-0.2, 0) is 10.2 Å². The van der Waals surface area contributed by atoms with Gasteiger partial charge in [-0.15, -0.1) is 0 Å². The third-order valence-electron chi connectivity index (χ3n) is 5.25. The van der Waals surface area contributed by atoms with Crippen LogP contribution in [0, 0.1) is 0 Å². The van der Waals surface area contributed by atoms with Crippen LogP contribution in [0.1, 0.15) is 38.2 Å². The summed E-state index contributed by atoms with van der Waals surface area (Å²) in [4.78, 5) is 16.6. The zero-order chi connectivity index (χ0) is 14.7. The number of benzene rings is 1. The zero-order valence-corrected chi connectivity index (χ0v) is 13.1. The van der Waals surface area contributed by atoms with Crippen molar-refractivity contribution in [1.29, 1.82) is 0 Å². The maximum absolute atomic E-state index is 12.2. The molecule has 0 radical (unpaired) electrons. The third kappa shape index (κ3) is 3.29. The maximum Gasteiger partial charge on any atom is 0.236 e. The van der Waals surface area contributed by atoms with E-state index in [4.69, 9.17) is 0 Å². The molecule has 0 N–H and O–H groups in total. The predicted octanol–water partition coefficient (Wildman–Crippen LogP) is 2.66. The molecule has 2 fully saturated rings. The third-order valence-corrected chi connectivity index (χ3v) is 5.25. The van der Waals surface area contributed by atoms with E-state index < -0.39 is 0 Å². The van der Waals surface area contributed by atoms with Gasteiger partial charge in [0, 0.05) is 13.1 Å². The number of amides is 1. The Balaban J connectivity index is 1.54. The highest BCUT2D eigenvalue weighted by molar-refractivity contribution is 5.78. The molecule has 2 heterocycles. The van der Waals surface area contributed by atoms with Crippen LogP contribution in [0.5, 0.6) is 0 Å². The molecule has 3 rings (SSSR count). The number of hydrogen-bond donors (Lipinski definition) is 0. The fraction of sp³-hybridized carbons (Fsp3) is 0.611. The average molecular weight is 286 g/mol. The van der Waals surface area contributed by atoms with Crippen LogP contribution in [0.15, 0.2) is 30.3 Å². The molecular formula is C18H26N2O. The van der Waals surface area contributed by atoms with Gasteiger partial charge in [-0.05, 0) is 49.8 Å². The Morgan fingerprint density at radius 2 is 1.67 bits per heavy atom. The van der Waals surface area contributed by atoms with Crippen LogP contribution in [0.25, 0.3) is 0 Å². The SMILES string of the molecule is CC1(c2ccccc2)CCN(CC(=O)N2CCCC2)CC1. The van der Waals surface area contributed by atoms with Crippen LogP contribution >= 0.6 is 0 Å². The van der Waals surface area contributed by atoms with Crippen molar-refractivity contribution in [2.24, 2.45) is 0 Å². The van der Waals surface area contributed by atoms with Gasteiger partial charge in [-0.3, -0.25) is 9.69 Å². The number of rotatable bonds is 3. The standard InChI is InChI=1S/C18H26N2O/c1-18(16-7-3-2-4-8-16)9-13-19(14-10-18)15-17(21)20-11-5-6-12-20/h2-4,7-8H,5-6,9-15H2,1H3. The summed E-state index contributed by atoms with van der Waals surface area (Å²) < 4.78 is 0. The van der Waals surface area contributed by atoms with Crippen molar-refractivity contribution < 1.29 is 4.79 Å². The minimum atomic E-state index is 0.272. The van der Waals surface area contributed by atoms with Gasteiger partial charge < -0.3 is 4.90 Å². The van der Waals surface area contributed by atoms with Gasteiger partial charge >= 0.3 is 0 Å². The summed E-state index contributed by atoms with van der Waals surface area (Å²) in [7, 11) is 0. The van der Waals surface area contributed by atoms with Crippen molar-refractivity contribution >= 4 is 5.91 Å². The molecule has 1 aromatic rings. The van der Waals surface area contributed by atoms with Crippen molar-refractivity contribution in [3.8, 4) is 0 Å². The number of nitrogens with zero attached hydrogens (tertiary/aromatic N) is 2. The van der Waals surface area contributed by atoms with Crippen LogP contribution in [0.3, 0.4) is 0 Å². The second kappa shape index (κ2) is 6.18. The van der Waals surface area contributed by atoms with Crippen molar-refractivity contribution in [3.05, 3.63) is 35.9 Å². The van der Waals surface area contributed by atoms with E-state index in [2.05, 4.69) is 42.2 Å². The maximum atomic E-state index is 12.2. The van der Waals surface area contributed by atoms with Crippen molar-refractivity contribution in [2.75, 3.05) is 32.7 Å². The van der Waals surface area contributed by atoms with Crippen LogP contribution in [0.4, 0.5) is 0 Å². The Morgan fingerprint density at radius 1 is 1.05 bits per heavy atom. The molecule has 3 heteroatoms. The fourth-order valence-electron chi connectivity index (χ4n) is 3.59. The number of likely N-dealkylation sites (tertiary alicyclic amines) is 2. The van der Waals surface area contributed by atoms with Gasteiger partial charge in [0.2, 0.25) is 5.91 Å². The van der Waals surface area contributed by atoms with Crippen molar-refractivity contribution in [3.63, 3.8) is 0 Å². The molecule has 0 saturated carbocycles. The normalized spacial score (nSPS) is 22.4. The van der Waals surface area contributed by atoms with Gasteiger partial charge in [-0.25, -0.2) is 0 Å². The number of hydrogen-bond acceptors (Lipinski definition) is 2. The molecule has 0 aromatic heterocycles. The molecule has 1 aromatic carbocycles. The summed E-state index contributed by atoms with van der Waals surface area (Å²) >= 11 is 0. The second-order valence-electron chi connectivity index (χ2n) is 6.79. The Labute approximate surface area is 127 Å². The van der Waals surface area contributed by atoms with Gasteiger partial charge in [0.05, 0.1) is 6.54 Å². The molecule has 0 unspecified atom stereocenters. The minimum Gasteiger partial charge on any atom is -0.342 e. The lowest BCUT2D eigenvalue weighted by molar-refractivity contribution is -0.131. The summed E-state index contributed by atoms with van der Waals surface area (Å²) in [5.41, 5.74) is 1.71. The smallest absolute Gasteiger partial charge is 0.236 e. The fourth-order valence-corrected chi connectivity index (χ4v) is 3.59. The monoisotopic (exact) mass is 286 g/mol. The molecule has 0 bridgehead atoms. The molecule has 1 amide bonds. The van der Waals surface area contributed by atoms with Gasteiger partial charge in [0.25, 0.3) is 0 Å². The predicted molar refractivity (Wildman–Crippen MR) is 85.3 cm³/mol. The lowest BCUT2D eigenvalue weighted by atomic mass is 9.74. The molecule has 3 nitrogen and oxygen atoms in total. The molecule has 21 heavy (non-hydrogen) atoms. The van der Waals surface area contributed by atoms with E-state index in [-0.39, 0.29) is 5.41 Å². The highest BCUT2D eigenvalue weighted by Gasteiger charge is 2.32. The zero-order valence-electron chi connectivity index (χ0n) is 13.1. The van der Waals surface area contributed by atoms with E-state index >= 15 is 0 Å². The van der Waals surface area contributed by atoms with Crippen molar-refractivity contribution in [2.45, 2.75) is 38.0 Å². The van der Waals surface area contributed by atoms with Crippen LogP contribution in [-0.4, -0.2) is 48.4 Å². The van der Waals surface area contributed by atoms with Gasteiger partial charge in [0.1, 0.15) is 0 Å². The van der Waals surface area contributed by atoms with E-state index in [1.54, 1.807) is 0 Å². The number of carbonyl (C=O) groups is 1. The highest BCUT2D eigenvalue weighted by atomic mass is 16.2. The first-order valence-electron chi connectivity index (χ1n) is 8.23. The topological polar surface area (TPSA) is 23.6 Å². The van der Waals surface area contributed by atoms with E-state index in [0.29, 0.717) is 12.5 Å². The summed E-state index contributed by atoms with van der Waals surface area (Å²) in [5.74, 6) is 0.329. The Kier molecular flexibility index (Phi) is 4.29. The molecular weight excluding hydrogens is 260 g/mol. The molecule has 0 spiro atoms. The summed E-state index contributed by atoms with van der Waals surface area (Å²) in [6, 6.07) is 10.8. The second-order valence-corrected chi connectivity index (χ2v) is 6.79. The summed E-state index contributed by atoms with van der Waals surface area (Å²) in [5, 5.41) is 0. The molecule has 0 aliphatic carbocycles. The van der Waals surface area contributed by atoms with Gasteiger partial charge in [-0.1, -0.05) is 37.3 Å². The molecule has 2 aliphatic heterocycles. The molecule has 2 aliphatic rings. The quantitative estimate of drug-likeness (QED) is 0.853. The van der Waals surface area contributed by atoms with E-state index in [1.807, 2.05) is 4.90 Å². The highest BCUT2D eigenvalue weighted by Crippen LogP contribution is 2.34. The molecule has 0 atom stereocenters. The Bertz CT molecular complexity index is 471. The Morgan fingerprint density at radius 3 is 2.29 bits per heavy atom. The molecule has 114 valence electrons. The van der Waals surface area contributed by atoms with E-state index in [1.165, 1.54) is 18.4 Å². The van der Waals surface area contributed by atoms with Gasteiger partial charge in [0.15, 0.2) is 0 Å². The minimum absolute atomic E-state index is 0.272. The summed E-state index contributed by atoms with van der Waals surface area (Å²) in [6.07, 6.45) is 4.64.